The number of benzene rings is 2. The van der Waals surface area contributed by atoms with Crippen LogP contribution in [-0.2, 0) is 22.7 Å². The number of rotatable bonds is 4. The van der Waals surface area contributed by atoms with Crippen LogP contribution in [0.5, 0.6) is 0 Å². The van der Waals surface area contributed by atoms with Crippen molar-refractivity contribution in [2.45, 2.75) is 38.8 Å². The molecule has 2 heterocycles. The number of ketones is 2. The van der Waals surface area contributed by atoms with Crippen LogP contribution in [0.2, 0.25) is 0 Å². The van der Waals surface area contributed by atoms with Crippen molar-refractivity contribution in [3.05, 3.63) is 71.8 Å². The minimum Gasteiger partial charge on any atom is -0.299 e. The number of nitrogens with zero attached hydrogens (tertiary/aromatic N) is 2. The van der Waals surface area contributed by atoms with E-state index in [0.717, 1.165) is 65.0 Å². The lowest BCUT2D eigenvalue weighted by Gasteiger charge is -2.16. The monoisotopic (exact) mass is 430 g/mol. The molecule has 4 aliphatic rings. The Hall–Kier alpha value is -2.30. The normalized spacial score (nSPS) is 29.6. The zero-order valence-electron chi connectivity index (χ0n) is 18.9. The highest BCUT2D eigenvalue weighted by atomic mass is 16.1. The van der Waals surface area contributed by atoms with Crippen molar-refractivity contribution in [3.8, 4) is 0 Å². The first-order valence-electron chi connectivity index (χ1n) is 12.2. The maximum absolute atomic E-state index is 11.6. The molecule has 0 radical (unpaired) electrons. The van der Waals surface area contributed by atoms with Crippen LogP contribution < -0.4 is 0 Å². The van der Waals surface area contributed by atoms with Gasteiger partial charge < -0.3 is 0 Å². The highest BCUT2D eigenvalue weighted by Gasteiger charge is 2.42. The lowest BCUT2D eigenvalue weighted by Crippen LogP contribution is -2.22. The van der Waals surface area contributed by atoms with E-state index in [2.05, 4.69) is 58.3 Å². The highest BCUT2D eigenvalue weighted by molar-refractivity contribution is 5.84. The minimum atomic E-state index is 0.351. The summed E-state index contributed by atoms with van der Waals surface area (Å²) in [5.41, 5.74) is 2.71. The van der Waals surface area contributed by atoms with Crippen LogP contribution in [0.1, 0.15) is 36.8 Å². The fourth-order valence-corrected chi connectivity index (χ4v) is 6.20. The van der Waals surface area contributed by atoms with E-state index in [9.17, 15) is 9.59 Å². The second kappa shape index (κ2) is 9.68. The van der Waals surface area contributed by atoms with Gasteiger partial charge in [0.1, 0.15) is 11.6 Å². The maximum Gasteiger partial charge on any atom is 0.137 e. The van der Waals surface area contributed by atoms with E-state index in [4.69, 9.17) is 0 Å². The summed E-state index contributed by atoms with van der Waals surface area (Å²) in [7, 11) is 0. The molecule has 0 unspecified atom stereocenters. The van der Waals surface area contributed by atoms with Gasteiger partial charge in [-0.2, -0.15) is 0 Å². The summed E-state index contributed by atoms with van der Waals surface area (Å²) >= 11 is 0. The van der Waals surface area contributed by atoms with E-state index in [0.29, 0.717) is 35.2 Å². The van der Waals surface area contributed by atoms with Gasteiger partial charge in [-0.25, -0.2) is 0 Å². The molecule has 2 aromatic rings. The summed E-state index contributed by atoms with van der Waals surface area (Å²) in [6.07, 6.45) is 3.90. The Labute approximate surface area is 191 Å². The Morgan fingerprint density at radius 2 is 1.00 bits per heavy atom. The first-order chi connectivity index (χ1) is 15.7. The highest BCUT2D eigenvalue weighted by Crippen LogP contribution is 2.36. The van der Waals surface area contributed by atoms with Gasteiger partial charge in [0.2, 0.25) is 0 Å². The van der Waals surface area contributed by atoms with Gasteiger partial charge in [-0.15, -0.1) is 0 Å². The Balaban J connectivity index is 0.000000135. The second-order valence-corrected chi connectivity index (χ2v) is 10.1. The van der Waals surface area contributed by atoms with Gasteiger partial charge in [0.05, 0.1) is 0 Å². The summed E-state index contributed by atoms with van der Waals surface area (Å²) < 4.78 is 0. The first-order valence-corrected chi connectivity index (χ1v) is 12.2. The zero-order valence-corrected chi connectivity index (χ0v) is 18.9. The fraction of sp³-hybridized carbons (Fsp3) is 0.500. The van der Waals surface area contributed by atoms with Crippen LogP contribution in [0.4, 0.5) is 0 Å². The van der Waals surface area contributed by atoms with Crippen LogP contribution in [-0.4, -0.2) is 47.5 Å². The average Bonchev–Trinajstić information content (AvgIpc) is 3.56. The predicted octanol–water partition coefficient (Wildman–Crippen LogP) is 4.20. The minimum absolute atomic E-state index is 0.351. The van der Waals surface area contributed by atoms with Crippen LogP contribution >= 0.6 is 0 Å². The third kappa shape index (κ3) is 4.87. The first kappa shape index (κ1) is 21.5. The number of hydrogen-bond donors (Lipinski definition) is 0. The van der Waals surface area contributed by atoms with Crippen molar-refractivity contribution in [2.75, 3.05) is 26.2 Å². The summed E-state index contributed by atoms with van der Waals surface area (Å²) in [4.78, 5) is 28.1. The SMILES string of the molecule is O=C1CC[C@@H]2CN(Cc3ccccc3)C[C@H]12.O=C1CC[C@H]2CN(Cc3ccccc3)C[C@@H]12. The van der Waals surface area contributed by atoms with Crippen LogP contribution in [0.3, 0.4) is 0 Å². The molecule has 0 N–H and O–H groups in total. The van der Waals surface area contributed by atoms with E-state index < -0.39 is 0 Å². The van der Waals surface area contributed by atoms with Gasteiger partial charge in [-0.1, -0.05) is 60.7 Å². The van der Waals surface area contributed by atoms with E-state index in [1.54, 1.807) is 0 Å². The summed E-state index contributed by atoms with van der Waals surface area (Å²) in [5, 5.41) is 0. The van der Waals surface area contributed by atoms with E-state index in [1.807, 2.05) is 12.1 Å². The Morgan fingerprint density at radius 1 is 0.594 bits per heavy atom. The van der Waals surface area contributed by atoms with Crippen LogP contribution in [0, 0.1) is 23.7 Å². The molecule has 0 amide bonds. The molecule has 0 aromatic heterocycles. The largest absolute Gasteiger partial charge is 0.299 e. The molecule has 2 aliphatic heterocycles. The van der Waals surface area contributed by atoms with Crippen LogP contribution in [0.25, 0.3) is 0 Å². The smallest absolute Gasteiger partial charge is 0.137 e. The summed E-state index contributed by atoms with van der Waals surface area (Å²) in [6.45, 7) is 6.20. The Kier molecular flexibility index (Phi) is 6.52. The maximum atomic E-state index is 11.6. The molecular formula is C28H34N2O2. The molecular weight excluding hydrogens is 396 g/mol. The lowest BCUT2D eigenvalue weighted by atomic mass is 10.0. The lowest BCUT2D eigenvalue weighted by molar-refractivity contribution is -0.121. The molecule has 32 heavy (non-hydrogen) atoms. The average molecular weight is 431 g/mol. The number of carbonyl (C=O) groups excluding carboxylic acids is 2. The van der Waals surface area contributed by atoms with Crippen molar-refractivity contribution in [3.63, 3.8) is 0 Å². The molecule has 2 saturated heterocycles. The molecule has 0 bridgehead atoms. The standard InChI is InChI=1S/2C14H17NO/c2*16-14-7-6-12-9-15(10-13(12)14)8-11-4-2-1-3-5-11/h2*1-5,12-13H,6-10H2/t2*12-,13+/m10/s1. The third-order valence-corrected chi connectivity index (χ3v) is 7.88. The predicted molar refractivity (Wildman–Crippen MR) is 126 cm³/mol. The van der Waals surface area contributed by atoms with Crippen molar-refractivity contribution in [1.82, 2.24) is 9.80 Å². The van der Waals surface area contributed by atoms with Gasteiger partial charge in [-0.05, 0) is 35.8 Å². The molecule has 4 nitrogen and oxygen atoms in total. The molecule has 2 aliphatic carbocycles. The van der Waals surface area contributed by atoms with Crippen molar-refractivity contribution < 1.29 is 9.59 Å². The Morgan fingerprint density at radius 3 is 1.38 bits per heavy atom. The van der Waals surface area contributed by atoms with Gasteiger partial charge in [0.15, 0.2) is 0 Å². The van der Waals surface area contributed by atoms with Gasteiger partial charge in [0, 0.05) is 63.9 Å². The molecule has 0 spiro atoms. The van der Waals surface area contributed by atoms with Gasteiger partial charge in [-0.3, -0.25) is 19.4 Å². The number of carbonyl (C=O) groups is 2. The van der Waals surface area contributed by atoms with Crippen LogP contribution in [0.15, 0.2) is 60.7 Å². The molecule has 4 fully saturated rings. The van der Waals surface area contributed by atoms with E-state index >= 15 is 0 Å². The number of fused-ring (bicyclic) bond motifs is 2. The summed E-state index contributed by atoms with van der Waals surface area (Å²) in [5.74, 6) is 3.00. The van der Waals surface area contributed by atoms with Gasteiger partial charge in [0.25, 0.3) is 0 Å². The molecule has 4 atom stereocenters. The van der Waals surface area contributed by atoms with Crippen molar-refractivity contribution >= 4 is 11.6 Å². The van der Waals surface area contributed by atoms with E-state index in [-0.39, 0.29) is 0 Å². The van der Waals surface area contributed by atoms with Crippen molar-refractivity contribution in [1.29, 1.82) is 0 Å². The zero-order chi connectivity index (χ0) is 21.9. The van der Waals surface area contributed by atoms with Gasteiger partial charge >= 0.3 is 0 Å². The second-order valence-electron chi connectivity index (χ2n) is 10.1. The topological polar surface area (TPSA) is 40.6 Å². The molecule has 4 heteroatoms. The quantitative estimate of drug-likeness (QED) is 0.729. The summed E-state index contributed by atoms with van der Waals surface area (Å²) in [6, 6.07) is 21.1. The third-order valence-electron chi connectivity index (χ3n) is 7.88. The van der Waals surface area contributed by atoms with Crippen molar-refractivity contribution in [2.24, 2.45) is 23.7 Å². The molecule has 2 aromatic carbocycles. The molecule has 168 valence electrons. The number of Topliss-reactive ketones (excluding diaryl/α,β-unsaturated/α-hetero) is 2. The number of likely N-dealkylation sites (tertiary alicyclic amines) is 2. The Bertz CT molecular complexity index is 851. The number of hydrogen-bond acceptors (Lipinski definition) is 4. The fourth-order valence-electron chi connectivity index (χ4n) is 6.20. The molecule has 2 saturated carbocycles. The molecule has 6 rings (SSSR count). The van der Waals surface area contributed by atoms with E-state index in [1.165, 1.54) is 11.1 Å².